The van der Waals surface area contributed by atoms with Gasteiger partial charge in [-0.15, -0.1) is 0 Å². The summed E-state index contributed by atoms with van der Waals surface area (Å²) in [6, 6.07) is 10.0. The Morgan fingerprint density at radius 2 is 1.82 bits per heavy atom. The second kappa shape index (κ2) is 12.0. The minimum atomic E-state index is -1.01. The van der Waals surface area contributed by atoms with Crippen LogP contribution in [0, 0.1) is 11.8 Å². The number of hydrogen-bond donors (Lipinski definition) is 3. The zero-order valence-electron chi connectivity index (χ0n) is 16.5. The predicted molar refractivity (Wildman–Crippen MR) is 106 cm³/mol. The van der Waals surface area contributed by atoms with Crippen LogP contribution in [-0.2, 0) is 11.2 Å². The molecule has 1 aromatic carbocycles. The van der Waals surface area contributed by atoms with Gasteiger partial charge < -0.3 is 25.2 Å². The molecule has 3 N–H and O–H groups in total. The Kier molecular flexibility index (Phi) is 9.68. The number of aliphatic carboxylic acids is 1. The summed E-state index contributed by atoms with van der Waals surface area (Å²) in [5, 5.41) is 41.2. The summed E-state index contributed by atoms with van der Waals surface area (Å²) >= 11 is 0. The number of carboxylic acid groups (broad SMARTS) is 1. The minimum Gasteiger partial charge on any atom is -0.550 e. The molecule has 0 spiro atoms. The van der Waals surface area contributed by atoms with Crippen LogP contribution >= 0.6 is 0 Å². The maximum absolute atomic E-state index is 10.4. The molecule has 1 saturated carbocycles. The van der Waals surface area contributed by atoms with Crippen LogP contribution in [0.3, 0.4) is 0 Å². The van der Waals surface area contributed by atoms with E-state index in [0.717, 1.165) is 32.1 Å². The minimum absolute atomic E-state index is 0.0197. The normalized spacial score (nSPS) is 26.0. The summed E-state index contributed by atoms with van der Waals surface area (Å²) in [7, 11) is 0. The molecule has 0 aliphatic heterocycles. The fourth-order valence-electron chi connectivity index (χ4n) is 4.09. The van der Waals surface area contributed by atoms with Crippen LogP contribution < -0.4 is 5.11 Å². The Morgan fingerprint density at radius 1 is 1.11 bits per heavy atom. The third-order valence-corrected chi connectivity index (χ3v) is 5.71. The third-order valence-electron chi connectivity index (χ3n) is 5.71. The van der Waals surface area contributed by atoms with E-state index in [2.05, 4.69) is 0 Å². The van der Waals surface area contributed by atoms with Crippen molar-refractivity contribution in [2.75, 3.05) is 0 Å². The molecule has 28 heavy (non-hydrogen) atoms. The van der Waals surface area contributed by atoms with Gasteiger partial charge in [0.2, 0.25) is 0 Å². The second-order valence-electron chi connectivity index (χ2n) is 7.91. The van der Waals surface area contributed by atoms with Crippen LogP contribution in [0.4, 0.5) is 0 Å². The van der Waals surface area contributed by atoms with Crippen molar-refractivity contribution in [2.24, 2.45) is 11.8 Å². The van der Waals surface area contributed by atoms with Crippen molar-refractivity contribution in [3.63, 3.8) is 0 Å². The van der Waals surface area contributed by atoms with Gasteiger partial charge in [0.05, 0.1) is 18.3 Å². The lowest BCUT2D eigenvalue weighted by Crippen LogP contribution is -2.21. The van der Waals surface area contributed by atoms with E-state index in [0.29, 0.717) is 19.3 Å². The van der Waals surface area contributed by atoms with Crippen molar-refractivity contribution in [3.8, 4) is 0 Å². The Labute approximate surface area is 167 Å². The van der Waals surface area contributed by atoms with Crippen molar-refractivity contribution in [2.45, 2.75) is 76.1 Å². The molecule has 156 valence electrons. The first-order valence-electron chi connectivity index (χ1n) is 10.4. The van der Waals surface area contributed by atoms with Gasteiger partial charge >= 0.3 is 0 Å². The molecule has 0 radical (unpaired) electrons. The summed E-state index contributed by atoms with van der Waals surface area (Å²) in [4.78, 5) is 10.4. The number of unbranched alkanes of at least 4 members (excludes halogenated alkanes) is 3. The van der Waals surface area contributed by atoms with E-state index in [1.54, 1.807) is 6.08 Å². The third kappa shape index (κ3) is 7.74. The molecule has 1 aliphatic carbocycles. The molecule has 5 nitrogen and oxygen atoms in total. The fourth-order valence-corrected chi connectivity index (χ4v) is 4.09. The number of rotatable bonds is 12. The SMILES string of the molecule is O=C([O-])CCCCCCC1C(/C=C/[C@@H](O)CCc2ccccc2)[C@H](O)C[C@@H]1O. The zero-order valence-corrected chi connectivity index (χ0v) is 16.5. The molecule has 2 rings (SSSR count). The Morgan fingerprint density at radius 3 is 2.54 bits per heavy atom. The number of carbonyl (C=O) groups is 1. The lowest BCUT2D eigenvalue weighted by molar-refractivity contribution is -0.305. The topological polar surface area (TPSA) is 101 Å². The Balaban J connectivity index is 1.76. The van der Waals surface area contributed by atoms with Gasteiger partial charge in [-0.3, -0.25) is 0 Å². The first kappa shape index (κ1) is 22.6. The van der Waals surface area contributed by atoms with Crippen LogP contribution in [-0.4, -0.2) is 39.6 Å². The summed E-state index contributed by atoms with van der Waals surface area (Å²) in [5.74, 6) is -1.18. The lowest BCUT2D eigenvalue weighted by atomic mass is 9.87. The molecule has 1 aromatic rings. The molecule has 0 aromatic heterocycles. The number of aliphatic hydroxyl groups is 3. The van der Waals surface area contributed by atoms with Gasteiger partial charge in [0.1, 0.15) is 0 Å². The summed E-state index contributed by atoms with van der Waals surface area (Å²) in [5.41, 5.74) is 1.18. The van der Waals surface area contributed by atoms with Crippen molar-refractivity contribution >= 4 is 5.97 Å². The smallest absolute Gasteiger partial charge is 0.0724 e. The lowest BCUT2D eigenvalue weighted by Gasteiger charge is -2.21. The number of carboxylic acids is 1. The molecule has 5 atom stereocenters. The number of aliphatic hydroxyl groups excluding tert-OH is 3. The van der Waals surface area contributed by atoms with E-state index in [1.807, 2.05) is 36.4 Å². The molecule has 1 aliphatic rings. The maximum atomic E-state index is 10.4. The summed E-state index contributed by atoms with van der Waals surface area (Å²) in [6.45, 7) is 0. The van der Waals surface area contributed by atoms with Gasteiger partial charge in [-0.05, 0) is 43.6 Å². The maximum Gasteiger partial charge on any atom is 0.0724 e. The van der Waals surface area contributed by atoms with Crippen molar-refractivity contribution < 1.29 is 25.2 Å². The van der Waals surface area contributed by atoms with E-state index in [-0.39, 0.29) is 18.3 Å². The van der Waals surface area contributed by atoms with E-state index in [4.69, 9.17) is 0 Å². The van der Waals surface area contributed by atoms with Crippen LogP contribution in [0.2, 0.25) is 0 Å². The van der Waals surface area contributed by atoms with E-state index in [9.17, 15) is 25.2 Å². The van der Waals surface area contributed by atoms with Crippen LogP contribution in [0.1, 0.15) is 56.9 Å². The summed E-state index contributed by atoms with van der Waals surface area (Å²) in [6.07, 6.45) is 7.84. The standard InChI is InChI=1S/C23H34O5/c24-18(13-12-17-8-4-3-5-9-17)14-15-20-19(21(25)16-22(20)26)10-6-1-2-7-11-23(27)28/h3-5,8-9,14-15,18-22,24-26H,1-2,6-7,10-13,16H2,(H,27,28)/p-1/b15-14+/t18-,19?,20?,21-,22+/m0/s1. The van der Waals surface area contributed by atoms with Crippen molar-refractivity contribution in [1.29, 1.82) is 0 Å². The molecular formula is C23H33O5-. The fraction of sp³-hybridized carbons (Fsp3) is 0.609. The highest BCUT2D eigenvalue weighted by Gasteiger charge is 2.39. The van der Waals surface area contributed by atoms with Crippen LogP contribution in [0.5, 0.6) is 0 Å². The number of hydrogen-bond acceptors (Lipinski definition) is 5. The van der Waals surface area contributed by atoms with Crippen LogP contribution in [0.15, 0.2) is 42.5 Å². The molecule has 2 unspecified atom stereocenters. The first-order valence-corrected chi connectivity index (χ1v) is 10.4. The molecule has 0 heterocycles. The van der Waals surface area contributed by atoms with Gasteiger partial charge in [0, 0.05) is 18.3 Å². The molecular weight excluding hydrogens is 356 g/mol. The molecule has 0 amide bonds. The van der Waals surface area contributed by atoms with Gasteiger partial charge in [0.15, 0.2) is 0 Å². The highest BCUT2D eigenvalue weighted by molar-refractivity contribution is 5.64. The Hall–Kier alpha value is -1.69. The van der Waals surface area contributed by atoms with Gasteiger partial charge in [-0.25, -0.2) is 0 Å². The van der Waals surface area contributed by atoms with E-state index >= 15 is 0 Å². The molecule has 0 saturated heterocycles. The molecule has 0 bridgehead atoms. The van der Waals surface area contributed by atoms with Gasteiger partial charge in [-0.1, -0.05) is 61.7 Å². The van der Waals surface area contributed by atoms with Crippen molar-refractivity contribution in [3.05, 3.63) is 48.0 Å². The van der Waals surface area contributed by atoms with Crippen LogP contribution in [0.25, 0.3) is 0 Å². The number of benzene rings is 1. The molecule has 1 fully saturated rings. The van der Waals surface area contributed by atoms with E-state index in [1.165, 1.54) is 5.56 Å². The average molecular weight is 390 g/mol. The van der Waals surface area contributed by atoms with Gasteiger partial charge in [0.25, 0.3) is 0 Å². The Bertz CT molecular complexity index is 600. The highest BCUT2D eigenvalue weighted by Crippen LogP contribution is 2.37. The average Bonchev–Trinajstić information content (AvgIpc) is 2.94. The zero-order chi connectivity index (χ0) is 20.4. The molecule has 5 heteroatoms. The largest absolute Gasteiger partial charge is 0.550 e. The highest BCUT2D eigenvalue weighted by atomic mass is 16.4. The monoisotopic (exact) mass is 389 g/mol. The summed E-state index contributed by atoms with van der Waals surface area (Å²) < 4.78 is 0. The quantitative estimate of drug-likeness (QED) is 0.375. The number of carbonyl (C=O) groups excluding carboxylic acids is 1. The predicted octanol–water partition coefficient (Wildman–Crippen LogP) is 1.98. The second-order valence-corrected chi connectivity index (χ2v) is 7.91. The first-order chi connectivity index (χ1) is 13.5. The number of aryl methyl sites for hydroxylation is 1. The van der Waals surface area contributed by atoms with Crippen molar-refractivity contribution in [1.82, 2.24) is 0 Å². The van der Waals surface area contributed by atoms with Gasteiger partial charge in [-0.2, -0.15) is 0 Å². The van der Waals surface area contributed by atoms with E-state index < -0.39 is 24.3 Å².